The van der Waals surface area contributed by atoms with E-state index >= 15 is 0 Å². The standard InChI is InChI=1S/C29H32N4O4S/c1-21(2)38(35,36)33(27-25-10-6-7-11-26(25)31-29(27)34)28(23-8-4-3-5-9-23)30-24-14-12-22(13-15-24)20-32-16-18-37-19-17-32/h3-15,21,27H,16-20H2,1-2H3,(H,31,34)/p+1. The monoisotopic (exact) mass is 533 g/mol. The van der Waals surface area contributed by atoms with E-state index in [9.17, 15) is 13.2 Å². The molecule has 0 aliphatic carbocycles. The molecule has 0 spiro atoms. The van der Waals surface area contributed by atoms with Crippen LogP contribution in [-0.2, 0) is 26.1 Å². The van der Waals surface area contributed by atoms with Gasteiger partial charge in [-0.1, -0.05) is 48.5 Å². The number of rotatable bonds is 7. The molecule has 1 atom stereocenters. The van der Waals surface area contributed by atoms with Crippen LogP contribution in [0.4, 0.5) is 11.4 Å². The Morgan fingerprint density at radius 2 is 1.66 bits per heavy atom. The van der Waals surface area contributed by atoms with Gasteiger partial charge in [-0.25, -0.2) is 5.32 Å². The summed E-state index contributed by atoms with van der Waals surface area (Å²) in [5, 5.41) is 5.47. The fourth-order valence-corrected chi connectivity index (χ4v) is 6.12. The van der Waals surface area contributed by atoms with Gasteiger partial charge in [0.2, 0.25) is 6.04 Å². The van der Waals surface area contributed by atoms with Gasteiger partial charge in [-0.05, 0) is 49.7 Å². The Morgan fingerprint density at radius 1 is 1.00 bits per heavy atom. The highest BCUT2D eigenvalue weighted by atomic mass is 32.2. The van der Waals surface area contributed by atoms with Crippen molar-refractivity contribution in [3.8, 4) is 0 Å². The van der Waals surface area contributed by atoms with Crippen LogP contribution < -0.4 is 10.6 Å². The molecule has 1 fully saturated rings. The Morgan fingerprint density at radius 3 is 2.34 bits per heavy atom. The van der Waals surface area contributed by atoms with E-state index in [-0.39, 0.29) is 5.91 Å². The molecule has 2 heterocycles. The molecule has 8 nitrogen and oxygen atoms in total. The molecular formula is C29H33N4O4S+. The van der Waals surface area contributed by atoms with E-state index in [4.69, 9.17) is 4.74 Å². The molecule has 5 rings (SSSR count). The number of nitrogens with one attached hydrogen (secondary N) is 2. The van der Waals surface area contributed by atoms with Crippen molar-refractivity contribution < 1.29 is 21.9 Å². The predicted octanol–water partition coefficient (Wildman–Crippen LogP) is 3.82. The molecule has 3 aromatic rings. The van der Waals surface area contributed by atoms with Crippen molar-refractivity contribution in [2.75, 3.05) is 36.9 Å². The first-order valence-electron chi connectivity index (χ1n) is 12.9. The predicted molar refractivity (Wildman–Crippen MR) is 149 cm³/mol. The molecule has 2 aliphatic rings. The Hall–Kier alpha value is -3.53. The van der Waals surface area contributed by atoms with Crippen LogP contribution in [0, 0.1) is 0 Å². The van der Waals surface area contributed by atoms with Gasteiger partial charge in [0.1, 0.15) is 5.69 Å². The largest absolute Gasteiger partial charge is 0.379 e. The third-order valence-electron chi connectivity index (χ3n) is 6.86. The minimum atomic E-state index is -3.94. The Kier molecular flexibility index (Phi) is 7.60. The Bertz CT molecular complexity index is 1430. The van der Waals surface area contributed by atoms with E-state index in [0.29, 0.717) is 22.6 Å². The number of fused-ring (bicyclic) bond motifs is 1. The highest BCUT2D eigenvalue weighted by Gasteiger charge is 2.45. The average Bonchev–Trinajstić information content (AvgIpc) is 3.25. The van der Waals surface area contributed by atoms with Crippen LogP contribution >= 0.6 is 0 Å². The van der Waals surface area contributed by atoms with Crippen molar-refractivity contribution >= 4 is 33.1 Å². The molecule has 0 radical (unpaired) electrons. The van der Waals surface area contributed by atoms with Gasteiger partial charge in [0.15, 0.2) is 0 Å². The van der Waals surface area contributed by atoms with Crippen LogP contribution in [0.2, 0.25) is 0 Å². The molecular weight excluding hydrogens is 500 g/mol. The second-order valence-electron chi connectivity index (χ2n) is 9.79. The summed E-state index contributed by atoms with van der Waals surface area (Å²) in [6.07, 6.45) is 0. The van der Waals surface area contributed by atoms with Crippen LogP contribution in [0.15, 0.2) is 78.9 Å². The zero-order chi connectivity index (χ0) is 26.7. The fraction of sp³-hybridized carbons (Fsp3) is 0.310. The fourth-order valence-electron chi connectivity index (χ4n) is 4.75. The number of sulfonamides is 1. The van der Waals surface area contributed by atoms with Gasteiger partial charge in [0, 0.05) is 30.9 Å². The van der Waals surface area contributed by atoms with Gasteiger partial charge in [0.05, 0.1) is 24.0 Å². The number of para-hydroxylation sites is 1. The molecule has 1 amide bonds. The second-order valence-corrected chi connectivity index (χ2v) is 12.2. The van der Waals surface area contributed by atoms with Gasteiger partial charge >= 0.3 is 10.0 Å². The molecule has 38 heavy (non-hydrogen) atoms. The zero-order valence-electron chi connectivity index (χ0n) is 21.6. The van der Waals surface area contributed by atoms with Gasteiger partial charge in [-0.3, -0.25) is 9.69 Å². The van der Waals surface area contributed by atoms with Crippen molar-refractivity contribution in [2.24, 2.45) is 0 Å². The number of anilines is 2. The zero-order valence-corrected chi connectivity index (χ0v) is 22.4. The Labute approximate surface area is 224 Å². The van der Waals surface area contributed by atoms with E-state index < -0.39 is 21.3 Å². The number of hydrogen-bond donors (Lipinski definition) is 2. The van der Waals surface area contributed by atoms with E-state index in [1.165, 1.54) is 3.98 Å². The number of carbonyl (C=O) groups excluding carboxylic acids is 1. The summed E-state index contributed by atoms with van der Waals surface area (Å²) < 4.78 is 34.5. The number of hydrogen-bond acceptors (Lipinski definition) is 5. The normalized spacial score (nSPS) is 18.6. The number of amides is 1. The number of amidine groups is 1. The highest BCUT2D eigenvalue weighted by Crippen LogP contribution is 2.35. The molecule has 3 aromatic carbocycles. The summed E-state index contributed by atoms with van der Waals surface area (Å²) in [6.45, 7) is 7.37. The number of morpholine rings is 1. The van der Waals surface area contributed by atoms with E-state index in [1.54, 1.807) is 26.0 Å². The smallest absolute Gasteiger partial charge is 0.304 e. The summed E-state index contributed by atoms with van der Waals surface area (Å²) in [5.74, 6) is -0.0522. The average molecular weight is 534 g/mol. The third kappa shape index (κ3) is 5.36. The van der Waals surface area contributed by atoms with E-state index in [2.05, 4.69) is 15.5 Å². The first-order valence-corrected chi connectivity index (χ1v) is 14.4. The molecule has 1 unspecified atom stereocenters. The lowest BCUT2D eigenvalue weighted by atomic mass is 10.1. The van der Waals surface area contributed by atoms with Gasteiger partial charge in [-0.15, -0.1) is 3.98 Å². The topological polar surface area (TPSA) is 90.8 Å². The lowest BCUT2D eigenvalue weighted by Crippen LogP contribution is -2.41. The van der Waals surface area contributed by atoms with Gasteiger partial charge in [-0.2, -0.15) is 8.42 Å². The number of nitrogens with zero attached hydrogens (tertiary/aromatic N) is 2. The molecule has 0 aromatic heterocycles. The van der Waals surface area contributed by atoms with Crippen LogP contribution in [0.5, 0.6) is 0 Å². The van der Waals surface area contributed by atoms with E-state index in [0.717, 1.165) is 44.1 Å². The molecule has 198 valence electrons. The van der Waals surface area contributed by atoms with E-state index in [1.807, 2.05) is 66.7 Å². The quantitative estimate of drug-likeness (QED) is 0.273. The van der Waals surface area contributed by atoms with Crippen molar-refractivity contribution in [3.63, 3.8) is 0 Å². The van der Waals surface area contributed by atoms with Gasteiger partial charge < -0.3 is 10.1 Å². The summed E-state index contributed by atoms with van der Waals surface area (Å²) in [6, 6.07) is 23.4. The number of ether oxygens (including phenoxy) is 1. The van der Waals surface area contributed by atoms with Crippen LogP contribution in [-0.4, -0.2) is 60.6 Å². The molecule has 0 bridgehead atoms. The minimum absolute atomic E-state index is 0.331. The first kappa shape index (κ1) is 26.1. The lowest BCUT2D eigenvalue weighted by molar-refractivity contribution is -0.404. The maximum absolute atomic E-state index is 13.9. The maximum atomic E-state index is 13.9. The van der Waals surface area contributed by atoms with Crippen molar-refractivity contribution in [3.05, 3.63) is 95.6 Å². The molecule has 9 heteroatoms. The maximum Gasteiger partial charge on any atom is 0.304 e. The van der Waals surface area contributed by atoms with Crippen LogP contribution in [0.25, 0.3) is 0 Å². The van der Waals surface area contributed by atoms with Crippen LogP contribution in [0.1, 0.15) is 36.6 Å². The Balaban J connectivity index is 1.60. The highest BCUT2D eigenvalue weighted by molar-refractivity contribution is 7.86. The van der Waals surface area contributed by atoms with Crippen molar-refractivity contribution in [1.82, 2.24) is 4.90 Å². The molecule has 2 aliphatic heterocycles. The third-order valence-corrected chi connectivity index (χ3v) is 8.99. The summed E-state index contributed by atoms with van der Waals surface area (Å²) >= 11 is 0. The number of carbonyl (C=O) groups is 1. The minimum Gasteiger partial charge on any atom is -0.379 e. The first-order chi connectivity index (χ1) is 18.3. The lowest BCUT2D eigenvalue weighted by Gasteiger charge is -2.26. The van der Waals surface area contributed by atoms with Crippen molar-refractivity contribution in [1.29, 1.82) is 0 Å². The molecule has 1 saturated heterocycles. The summed E-state index contributed by atoms with van der Waals surface area (Å²) in [4.78, 5) is 15.6. The van der Waals surface area contributed by atoms with Crippen LogP contribution in [0.3, 0.4) is 0 Å². The second kappa shape index (κ2) is 11.1. The summed E-state index contributed by atoms with van der Waals surface area (Å²) in [5.41, 5.74) is 3.79. The molecule has 2 N–H and O–H groups in total. The van der Waals surface area contributed by atoms with Crippen molar-refractivity contribution in [2.45, 2.75) is 31.7 Å². The SMILES string of the molecule is CC(C)S(=O)(=O)[N+](=C(Nc1ccc(CN2CCOCC2)cc1)c1ccccc1)C1C(=O)Nc2ccccc21. The molecule has 0 saturated carbocycles. The number of benzene rings is 3. The summed E-state index contributed by atoms with van der Waals surface area (Å²) in [7, 11) is -3.94. The van der Waals surface area contributed by atoms with Gasteiger partial charge in [0.25, 0.3) is 11.7 Å².